The molecule has 0 amide bonds. The SMILES string of the molecule is CC(N)c1ccc(C(C)(C)C#N)nc1. The van der Waals surface area contributed by atoms with E-state index in [0.29, 0.717) is 0 Å². The zero-order valence-corrected chi connectivity index (χ0v) is 8.78. The molecule has 1 atom stereocenters. The van der Waals surface area contributed by atoms with Gasteiger partial charge in [-0.3, -0.25) is 4.98 Å². The molecule has 0 radical (unpaired) electrons. The average Bonchev–Trinajstić information content (AvgIpc) is 2.18. The number of aromatic nitrogens is 1. The molecule has 1 aromatic heterocycles. The number of nitriles is 1. The normalized spacial score (nSPS) is 13.4. The molecule has 0 spiro atoms. The van der Waals surface area contributed by atoms with Crippen LogP contribution in [-0.4, -0.2) is 4.98 Å². The van der Waals surface area contributed by atoms with Gasteiger partial charge in [0, 0.05) is 12.2 Å². The molecule has 0 aliphatic carbocycles. The van der Waals surface area contributed by atoms with E-state index in [2.05, 4.69) is 11.1 Å². The number of hydrogen-bond donors (Lipinski definition) is 1. The molecule has 0 saturated heterocycles. The van der Waals surface area contributed by atoms with Crippen LogP contribution in [0.25, 0.3) is 0 Å². The van der Waals surface area contributed by atoms with Crippen molar-refractivity contribution in [2.75, 3.05) is 0 Å². The van der Waals surface area contributed by atoms with E-state index in [9.17, 15) is 0 Å². The summed E-state index contributed by atoms with van der Waals surface area (Å²) in [6, 6.07) is 5.99. The lowest BCUT2D eigenvalue weighted by molar-refractivity contribution is 0.656. The van der Waals surface area contributed by atoms with Gasteiger partial charge in [0.2, 0.25) is 0 Å². The molecule has 0 aliphatic rings. The highest BCUT2D eigenvalue weighted by Gasteiger charge is 2.21. The molecular weight excluding hydrogens is 174 g/mol. The molecule has 1 unspecified atom stereocenters. The molecule has 1 heterocycles. The maximum absolute atomic E-state index is 8.91. The first-order valence-corrected chi connectivity index (χ1v) is 4.60. The van der Waals surface area contributed by atoms with Crippen LogP contribution in [0.5, 0.6) is 0 Å². The molecule has 0 fully saturated rings. The minimum absolute atomic E-state index is 0.0123. The van der Waals surface area contributed by atoms with Gasteiger partial charge in [0.15, 0.2) is 0 Å². The highest BCUT2D eigenvalue weighted by atomic mass is 14.7. The number of pyridine rings is 1. The Hall–Kier alpha value is -1.40. The van der Waals surface area contributed by atoms with Crippen molar-refractivity contribution < 1.29 is 0 Å². The van der Waals surface area contributed by atoms with E-state index < -0.39 is 5.41 Å². The van der Waals surface area contributed by atoms with E-state index >= 15 is 0 Å². The van der Waals surface area contributed by atoms with Gasteiger partial charge in [0.1, 0.15) is 0 Å². The molecule has 1 rings (SSSR count). The minimum atomic E-state index is -0.531. The number of rotatable bonds is 2. The Labute approximate surface area is 84.6 Å². The predicted molar refractivity (Wildman–Crippen MR) is 55.5 cm³/mol. The molecule has 3 heteroatoms. The smallest absolute Gasteiger partial charge is 0.0937 e. The Balaban J connectivity index is 3.01. The Kier molecular flexibility index (Phi) is 2.87. The van der Waals surface area contributed by atoms with Gasteiger partial charge >= 0.3 is 0 Å². The lowest BCUT2D eigenvalue weighted by Gasteiger charge is -2.15. The summed E-state index contributed by atoms with van der Waals surface area (Å²) in [5.41, 5.74) is 6.94. The summed E-state index contributed by atoms with van der Waals surface area (Å²) in [6.07, 6.45) is 1.74. The Morgan fingerprint density at radius 2 is 2.14 bits per heavy atom. The van der Waals surface area contributed by atoms with E-state index in [1.165, 1.54) is 0 Å². The second-order valence-electron chi connectivity index (χ2n) is 4.00. The molecule has 0 saturated carbocycles. The summed E-state index contributed by atoms with van der Waals surface area (Å²) in [6.45, 7) is 5.61. The number of hydrogen-bond acceptors (Lipinski definition) is 3. The van der Waals surface area contributed by atoms with Gasteiger partial charge in [-0.15, -0.1) is 0 Å². The first kappa shape index (κ1) is 10.7. The van der Waals surface area contributed by atoms with Crippen molar-refractivity contribution in [3.05, 3.63) is 29.6 Å². The van der Waals surface area contributed by atoms with Crippen molar-refractivity contribution in [1.82, 2.24) is 4.98 Å². The van der Waals surface area contributed by atoms with Gasteiger partial charge in [-0.1, -0.05) is 6.07 Å². The molecule has 0 aliphatic heterocycles. The van der Waals surface area contributed by atoms with Gasteiger partial charge in [-0.05, 0) is 32.4 Å². The molecule has 74 valence electrons. The maximum Gasteiger partial charge on any atom is 0.0937 e. The van der Waals surface area contributed by atoms with Crippen LogP contribution >= 0.6 is 0 Å². The predicted octanol–water partition coefficient (Wildman–Crippen LogP) is 1.90. The van der Waals surface area contributed by atoms with E-state index in [0.717, 1.165) is 11.3 Å². The van der Waals surface area contributed by atoms with Crippen LogP contribution in [0.1, 0.15) is 38.1 Å². The quantitative estimate of drug-likeness (QED) is 0.772. The van der Waals surface area contributed by atoms with Crippen molar-refractivity contribution >= 4 is 0 Å². The summed E-state index contributed by atoms with van der Waals surface area (Å²) in [4.78, 5) is 4.24. The monoisotopic (exact) mass is 189 g/mol. The van der Waals surface area contributed by atoms with Gasteiger partial charge in [0.05, 0.1) is 17.2 Å². The molecule has 0 bridgehead atoms. The molecular formula is C11H15N3. The third kappa shape index (κ3) is 2.09. The minimum Gasteiger partial charge on any atom is -0.324 e. The lowest BCUT2D eigenvalue weighted by Crippen LogP contribution is -2.16. The molecule has 14 heavy (non-hydrogen) atoms. The van der Waals surface area contributed by atoms with Crippen LogP contribution in [0.3, 0.4) is 0 Å². The summed E-state index contributed by atoms with van der Waals surface area (Å²) < 4.78 is 0. The van der Waals surface area contributed by atoms with Crippen LogP contribution in [0.15, 0.2) is 18.3 Å². The van der Waals surface area contributed by atoms with E-state index in [1.807, 2.05) is 32.9 Å². The number of nitrogens with zero attached hydrogens (tertiary/aromatic N) is 2. The van der Waals surface area contributed by atoms with Gasteiger partial charge in [-0.25, -0.2) is 0 Å². The average molecular weight is 189 g/mol. The lowest BCUT2D eigenvalue weighted by atomic mass is 9.90. The van der Waals surface area contributed by atoms with Crippen LogP contribution in [-0.2, 0) is 5.41 Å². The van der Waals surface area contributed by atoms with E-state index in [1.54, 1.807) is 6.20 Å². The summed E-state index contributed by atoms with van der Waals surface area (Å²) >= 11 is 0. The maximum atomic E-state index is 8.91. The van der Waals surface area contributed by atoms with Crippen LogP contribution in [0.4, 0.5) is 0 Å². The Morgan fingerprint density at radius 1 is 1.50 bits per heavy atom. The second-order valence-corrected chi connectivity index (χ2v) is 4.00. The standard InChI is InChI=1S/C11H15N3/c1-8(13)9-4-5-10(14-6-9)11(2,3)7-12/h4-6,8H,13H2,1-3H3. The molecule has 1 aromatic rings. The van der Waals surface area contributed by atoms with E-state index in [4.69, 9.17) is 11.0 Å². The fraction of sp³-hybridized carbons (Fsp3) is 0.455. The van der Waals surface area contributed by atoms with Crippen molar-refractivity contribution in [3.8, 4) is 6.07 Å². The summed E-state index contributed by atoms with van der Waals surface area (Å²) in [5.74, 6) is 0. The van der Waals surface area contributed by atoms with Crippen molar-refractivity contribution in [2.24, 2.45) is 5.73 Å². The zero-order valence-electron chi connectivity index (χ0n) is 8.78. The first-order chi connectivity index (χ1) is 6.47. The highest BCUT2D eigenvalue weighted by Crippen LogP contribution is 2.20. The fourth-order valence-corrected chi connectivity index (χ4v) is 1.10. The topological polar surface area (TPSA) is 62.7 Å². The first-order valence-electron chi connectivity index (χ1n) is 4.60. The van der Waals surface area contributed by atoms with Crippen LogP contribution in [0, 0.1) is 11.3 Å². The Bertz CT molecular complexity index is 344. The van der Waals surface area contributed by atoms with Crippen LogP contribution in [0.2, 0.25) is 0 Å². The van der Waals surface area contributed by atoms with Gasteiger partial charge in [0.25, 0.3) is 0 Å². The Morgan fingerprint density at radius 3 is 2.50 bits per heavy atom. The van der Waals surface area contributed by atoms with Gasteiger partial charge in [-0.2, -0.15) is 5.26 Å². The summed E-state index contributed by atoms with van der Waals surface area (Å²) in [5, 5.41) is 8.91. The van der Waals surface area contributed by atoms with Crippen LogP contribution < -0.4 is 5.73 Å². The van der Waals surface area contributed by atoms with E-state index in [-0.39, 0.29) is 6.04 Å². The second kappa shape index (κ2) is 3.77. The fourth-order valence-electron chi connectivity index (χ4n) is 1.10. The molecule has 2 N–H and O–H groups in total. The highest BCUT2D eigenvalue weighted by molar-refractivity contribution is 5.26. The third-order valence-electron chi connectivity index (χ3n) is 2.23. The van der Waals surface area contributed by atoms with Gasteiger partial charge < -0.3 is 5.73 Å². The largest absolute Gasteiger partial charge is 0.324 e. The van der Waals surface area contributed by atoms with Crippen molar-refractivity contribution in [2.45, 2.75) is 32.2 Å². The van der Waals surface area contributed by atoms with Crippen molar-refractivity contribution in [1.29, 1.82) is 5.26 Å². The molecule has 0 aromatic carbocycles. The number of nitrogens with two attached hydrogens (primary N) is 1. The summed E-state index contributed by atoms with van der Waals surface area (Å²) in [7, 11) is 0. The van der Waals surface area contributed by atoms with Crippen molar-refractivity contribution in [3.63, 3.8) is 0 Å². The zero-order chi connectivity index (χ0) is 10.8. The third-order valence-corrected chi connectivity index (χ3v) is 2.23. The molecule has 3 nitrogen and oxygen atoms in total.